The van der Waals surface area contributed by atoms with E-state index in [9.17, 15) is 0 Å². The molecule has 0 spiro atoms. The molecule has 202 valence electrons. The smallest absolute Gasteiger partial charge is 0.139 e. The van der Waals surface area contributed by atoms with Gasteiger partial charge in [-0.05, 0) is 74.4 Å². The number of nitrogens with zero attached hydrogens (tertiary/aromatic N) is 3. The fourth-order valence-electron chi connectivity index (χ4n) is 6.40. The van der Waals surface area contributed by atoms with Crippen molar-refractivity contribution in [3.05, 3.63) is 52.0 Å². The van der Waals surface area contributed by atoms with E-state index in [4.69, 9.17) is 21.1 Å². The molecule has 2 aromatic carbocycles. The summed E-state index contributed by atoms with van der Waals surface area (Å²) >= 11 is 6.27. The molecule has 37 heavy (non-hydrogen) atoms. The van der Waals surface area contributed by atoms with Gasteiger partial charge < -0.3 is 24.6 Å². The molecule has 3 aliphatic heterocycles. The highest BCUT2D eigenvalue weighted by Gasteiger charge is 2.36. The maximum Gasteiger partial charge on any atom is 0.139 e. The summed E-state index contributed by atoms with van der Waals surface area (Å²) in [5, 5.41) is 4.09. The van der Waals surface area contributed by atoms with Gasteiger partial charge in [0.15, 0.2) is 0 Å². The van der Waals surface area contributed by atoms with E-state index in [0.717, 1.165) is 76.9 Å². The van der Waals surface area contributed by atoms with Crippen LogP contribution in [0.4, 0.5) is 5.69 Å². The van der Waals surface area contributed by atoms with Crippen molar-refractivity contribution < 1.29 is 9.47 Å². The lowest BCUT2D eigenvalue weighted by atomic mass is 9.86. The molecule has 0 amide bonds. The highest BCUT2D eigenvalue weighted by Crippen LogP contribution is 2.40. The molecule has 2 aromatic rings. The number of benzene rings is 2. The predicted molar refractivity (Wildman–Crippen MR) is 153 cm³/mol. The fraction of sp³-hybridized carbons (Fsp3) is 0.600. The lowest BCUT2D eigenvalue weighted by molar-refractivity contribution is 0.0712. The SMILES string of the molecule is COc1cc(N2CCN3[C@@H](CCC[C@@H]3c3ccc(OCCCN4CCNCC4)c(C)c3C)C2)ccc1Cl. The van der Waals surface area contributed by atoms with Crippen molar-refractivity contribution in [3.8, 4) is 11.5 Å². The van der Waals surface area contributed by atoms with Gasteiger partial charge in [0.1, 0.15) is 11.5 Å². The second-order valence-electron chi connectivity index (χ2n) is 10.8. The van der Waals surface area contributed by atoms with Crippen LogP contribution >= 0.6 is 11.6 Å². The third-order valence-electron chi connectivity index (χ3n) is 8.67. The molecular weight excluding hydrogens is 484 g/mol. The number of methoxy groups -OCH3 is 1. The summed E-state index contributed by atoms with van der Waals surface area (Å²) in [5.74, 6) is 1.80. The molecule has 3 fully saturated rings. The molecule has 0 aromatic heterocycles. The highest BCUT2D eigenvalue weighted by molar-refractivity contribution is 6.32. The van der Waals surface area contributed by atoms with Gasteiger partial charge in [-0.15, -0.1) is 0 Å². The summed E-state index contributed by atoms with van der Waals surface area (Å²) in [6.07, 6.45) is 4.83. The molecule has 2 atom stereocenters. The van der Waals surface area contributed by atoms with Gasteiger partial charge in [0.2, 0.25) is 0 Å². The van der Waals surface area contributed by atoms with E-state index >= 15 is 0 Å². The topological polar surface area (TPSA) is 40.2 Å². The number of hydrogen-bond acceptors (Lipinski definition) is 6. The Morgan fingerprint density at radius 3 is 2.62 bits per heavy atom. The van der Waals surface area contributed by atoms with Crippen LogP contribution in [0.2, 0.25) is 5.02 Å². The number of nitrogens with one attached hydrogen (secondary N) is 1. The summed E-state index contributed by atoms with van der Waals surface area (Å²) < 4.78 is 11.7. The lowest BCUT2D eigenvalue weighted by Crippen LogP contribution is -2.56. The number of fused-ring (bicyclic) bond motifs is 1. The van der Waals surface area contributed by atoms with E-state index in [1.165, 1.54) is 41.6 Å². The number of piperazine rings is 2. The minimum Gasteiger partial charge on any atom is -0.495 e. The second-order valence-corrected chi connectivity index (χ2v) is 11.2. The van der Waals surface area contributed by atoms with E-state index in [1.807, 2.05) is 6.07 Å². The molecule has 1 N–H and O–H groups in total. The second kappa shape index (κ2) is 12.2. The zero-order valence-corrected chi connectivity index (χ0v) is 23.5. The molecule has 0 bridgehead atoms. The van der Waals surface area contributed by atoms with Crippen molar-refractivity contribution in [2.45, 2.75) is 51.6 Å². The first kappa shape index (κ1) is 26.6. The lowest BCUT2D eigenvalue weighted by Gasteiger charge is -2.49. The number of ether oxygens (including phenoxy) is 2. The Hall–Kier alpha value is -1.99. The van der Waals surface area contributed by atoms with Crippen LogP contribution in [0.1, 0.15) is 48.4 Å². The first-order chi connectivity index (χ1) is 18.0. The van der Waals surface area contributed by atoms with Crippen molar-refractivity contribution >= 4 is 17.3 Å². The van der Waals surface area contributed by atoms with Crippen LogP contribution in [0.15, 0.2) is 30.3 Å². The molecule has 0 saturated carbocycles. The molecular formula is C30H43ClN4O2. The van der Waals surface area contributed by atoms with Gasteiger partial charge in [0, 0.05) is 76.2 Å². The maximum atomic E-state index is 6.27. The molecule has 3 heterocycles. The van der Waals surface area contributed by atoms with Crippen LogP contribution in [-0.4, -0.2) is 81.9 Å². The maximum absolute atomic E-state index is 6.27. The third kappa shape index (κ3) is 6.03. The summed E-state index contributed by atoms with van der Waals surface area (Å²) in [7, 11) is 1.68. The molecule has 0 aliphatic carbocycles. The van der Waals surface area contributed by atoms with E-state index in [0.29, 0.717) is 17.1 Å². The number of halogens is 1. The quantitative estimate of drug-likeness (QED) is 0.485. The van der Waals surface area contributed by atoms with Crippen LogP contribution < -0.4 is 19.7 Å². The van der Waals surface area contributed by atoms with Crippen LogP contribution in [0, 0.1) is 13.8 Å². The van der Waals surface area contributed by atoms with Crippen LogP contribution in [0.25, 0.3) is 0 Å². The van der Waals surface area contributed by atoms with Gasteiger partial charge in [0.25, 0.3) is 0 Å². The Morgan fingerprint density at radius 1 is 0.973 bits per heavy atom. The third-order valence-corrected chi connectivity index (χ3v) is 8.98. The van der Waals surface area contributed by atoms with Gasteiger partial charge in [0.05, 0.1) is 18.7 Å². The van der Waals surface area contributed by atoms with Crippen LogP contribution in [0.5, 0.6) is 11.5 Å². The largest absolute Gasteiger partial charge is 0.495 e. The zero-order chi connectivity index (χ0) is 25.8. The molecule has 0 radical (unpaired) electrons. The van der Waals surface area contributed by atoms with Gasteiger partial charge in [-0.2, -0.15) is 0 Å². The van der Waals surface area contributed by atoms with Gasteiger partial charge >= 0.3 is 0 Å². The zero-order valence-electron chi connectivity index (χ0n) is 22.8. The number of rotatable bonds is 8. The summed E-state index contributed by atoms with van der Waals surface area (Å²) in [6.45, 7) is 14.1. The Kier molecular flexibility index (Phi) is 8.81. The minimum absolute atomic E-state index is 0.487. The molecule has 7 heteroatoms. The van der Waals surface area contributed by atoms with E-state index < -0.39 is 0 Å². The normalized spacial score (nSPS) is 23.1. The van der Waals surface area contributed by atoms with Gasteiger partial charge in [-0.1, -0.05) is 17.7 Å². The average molecular weight is 527 g/mol. The monoisotopic (exact) mass is 526 g/mol. The van der Waals surface area contributed by atoms with Crippen LogP contribution in [-0.2, 0) is 0 Å². The number of piperidine rings is 1. The average Bonchev–Trinajstić information content (AvgIpc) is 2.93. The predicted octanol–water partition coefficient (Wildman–Crippen LogP) is 5.06. The van der Waals surface area contributed by atoms with Crippen LogP contribution in [0.3, 0.4) is 0 Å². The Labute approximate surface area is 227 Å². The standard InChI is InChI=1S/C30H43ClN4O2/c1-22-23(2)29(37-19-5-14-33-15-12-32-13-16-33)11-9-26(22)28-7-4-6-25-21-34(17-18-35(25)28)24-8-10-27(31)30(20-24)36-3/h8-11,20,25,28,32H,4-7,12-19,21H2,1-3H3/t25-,28+/m0/s1. The first-order valence-corrected chi connectivity index (χ1v) is 14.4. The van der Waals surface area contributed by atoms with Gasteiger partial charge in [-0.25, -0.2) is 0 Å². The van der Waals surface area contributed by atoms with Crippen molar-refractivity contribution in [3.63, 3.8) is 0 Å². The molecule has 3 saturated heterocycles. The molecule has 3 aliphatic rings. The van der Waals surface area contributed by atoms with Crippen molar-refractivity contribution in [1.82, 2.24) is 15.1 Å². The van der Waals surface area contributed by atoms with E-state index in [2.05, 4.69) is 58.1 Å². The molecule has 0 unspecified atom stereocenters. The van der Waals surface area contributed by atoms with E-state index in [-0.39, 0.29) is 0 Å². The van der Waals surface area contributed by atoms with Crippen molar-refractivity contribution in [1.29, 1.82) is 0 Å². The van der Waals surface area contributed by atoms with E-state index in [1.54, 1.807) is 7.11 Å². The molecule has 5 rings (SSSR count). The fourth-order valence-corrected chi connectivity index (χ4v) is 6.60. The Bertz CT molecular complexity index is 1060. The minimum atomic E-state index is 0.487. The summed E-state index contributed by atoms with van der Waals surface area (Å²) in [6, 6.07) is 11.8. The summed E-state index contributed by atoms with van der Waals surface area (Å²) in [4.78, 5) is 7.80. The van der Waals surface area contributed by atoms with Crippen molar-refractivity contribution in [2.24, 2.45) is 0 Å². The van der Waals surface area contributed by atoms with Gasteiger partial charge in [-0.3, -0.25) is 4.90 Å². The Morgan fingerprint density at radius 2 is 1.81 bits per heavy atom. The Balaban J connectivity index is 1.21. The van der Waals surface area contributed by atoms with Crippen molar-refractivity contribution in [2.75, 3.05) is 71.0 Å². The summed E-state index contributed by atoms with van der Waals surface area (Å²) in [5.41, 5.74) is 5.38. The first-order valence-electron chi connectivity index (χ1n) is 14.1. The number of anilines is 1. The highest BCUT2D eigenvalue weighted by atomic mass is 35.5. The molecule has 6 nitrogen and oxygen atoms in total. The number of hydrogen-bond donors (Lipinski definition) is 1.